The Bertz CT molecular complexity index is 676. The second kappa shape index (κ2) is 15.4. The van der Waals surface area contributed by atoms with Crippen molar-refractivity contribution in [2.75, 3.05) is 45.9 Å². The molecular formula is C24H42IN5O2. The van der Waals surface area contributed by atoms with Crippen molar-refractivity contribution < 1.29 is 9.53 Å². The van der Waals surface area contributed by atoms with E-state index in [0.717, 1.165) is 51.6 Å². The second-order valence-electron chi connectivity index (χ2n) is 8.11. The molecule has 0 bridgehead atoms. The highest BCUT2D eigenvalue weighted by Gasteiger charge is 2.34. The van der Waals surface area contributed by atoms with Gasteiger partial charge in [0.25, 0.3) is 0 Å². The largest absolute Gasteiger partial charge is 0.381 e. The first-order chi connectivity index (χ1) is 15.0. The smallest absolute Gasteiger partial charge is 0.224 e. The van der Waals surface area contributed by atoms with E-state index < -0.39 is 0 Å². The van der Waals surface area contributed by atoms with Gasteiger partial charge in [0.2, 0.25) is 5.91 Å². The number of halogens is 1. The van der Waals surface area contributed by atoms with Gasteiger partial charge in [0.05, 0.1) is 6.54 Å². The Kier molecular flexibility index (Phi) is 13.8. The van der Waals surface area contributed by atoms with Gasteiger partial charge in [-0.1, -0.05) is 30.3 Å². The SMILES string of the molecule is CCNC(=NCC1(NC(C)c2ccccc2)CCOCC1)NCCC(=O)N(CC)CC.I. The standard InChI is InChI=1S/C24H41N5O2.HI/c1-5-25-23(26-16-13-22(30)29(6-2)7-3)27-19-24(14-17-31-18-15-24)28-20(4)21-11-9-8-10-12-21;/h8-12,20,28H,5-7,13-19H2,1-4H3,(H2,25,26,27);1H. The molecule has 0 aliphatic carbocycles. The molecule has 3 N–H and O–H groups in total. The van der Waals surface area contributed by atoms with Crippen LogP contribution in [0.3, 0.4) is 0 Å². The minimum absolute atomic E-state index is 0. The van der Waals surface area contributed by atoms with Crippen molar-refractivity contribution in [1.29, 1.82) is 0 Å². The van der Waals surface area contributed by atoms with Gasteiger partial charge in [-0.3, -0.25) is 9.79 Å². The van der Waals surface area contributed by atoms with Gasteiger partial charge in [0.1, 0.15) is 0 Å². The lowest BCUT2D eigenvalue weighted by Crippen LogP contribution is -2.53. The van der Waals surface area contributed by atoms with Crippen molar-refractivity contribution in [3.8, 4) is 0 Å². The molecular weight excluding hydrogens is 517 g/mol. The van der Waals surface area contributed by atoms with E-state index in [-0.39, 0.29) is 41.5 Å². The van der Waals surface area contributed by atoms with E-state index >= 15 is 0 Å². The Morgan fingerprint density at radius 3 is 2.38 bits per heavy atom. The molecule has 1 aliphatic rings. The summed E-state index contributed by atoms with van der Waals surface area (Å²) in [6.45, 7) is 13.3. The second-order valence-corrected chi connectivity index (χ2v) is 8.11. The third kappa shape index (κ3) is 9.23. The number of nitrogens with one attached hydrogen (secondary N) is 3. The van der Waals surface area contributed by atoms with Gasteiger partial charge >= 0.3 is 0 Å². The maximum atomic E-state index is 12.3. The molecule has 2 rings (SSSR count). The fraction of sp³-hybridized carbons (Fsp3) is 0.667. The monoisotopic (exact) mass is 559 g/mol. The third-order valence-electron chi connectivity index (χ3n) is 5.90. The molecule has 1 aliphatic heterocycles. The summed E-state index contributed by atoms with van der Waals surface area (Å²) in [6.07, 6.45) is 2.31. The van der Waals surface area contributed by atoms with Crippen LogP contribution in [0.4, 0.5) is 0 Å². The lowest BCUT2D eigenvalue weighted by atomic mass is 9.88. The van der Waals surface area contributed by atoms with Crippen LogP contribution in [0.5, 0.6) is 0 Å². The maximum Gasteiger partial charge on any atom is 0.224 e. The van der Waals surface area contributed by atoms with Crippen LogP contribution in [0.25, 0.3) is 0 Å². The van der Waals surface area contributed by atoms with Crippen molar-refractivity contribution in [2.45, 2.75) is 58.5 Å². The van der Waals surface area contributed by atoms with Crippen LogP contribution >= 0.6 is 24.0 Å². The van der Waals surface area contributed by atoms with Gasteiger partial charge in [0, 0.05) is 57.4 Å². The van der Waals surface area contributed by atoms with Crippen LogP contribution in [0, 0.1) is 0 Å². The number of carbonyl (C=O) groups excluding carboxylic acids is 1. The summed E-state index contributed by atoms with van der Waals surface area (Å²) in [4.78, 5) is 19.0. The lowest BCUT2D eigenvalue weighted by molar-refractivity contribution is -0.130. The first-order valence-corrected chi connectivity index (χ1v) is 11.7. The minimum atomic E-state index is -0.104. The zero-order valence-electron chi connectivity index (χ0n) is 20.2. The molecule has 1 heterocycles. The summed E-state index contributed by atoms with van der Waals surface area (Å²) in [5.74, 6) is 0.933. The number of amides is 1. The first-order valence-electron chi connectivity index (χ1n) is 11.7. The average Bonchev–Trinajstić information content (AvgIpc) is 2.79. The molecule has 32 heavy (non-hydrogen) atoms. The number of nitrogens with zero attached hydrogens (tertiary/aromatic N) is 2. The van der Waals surface area contributed by atoms with E-state index in [1.807, 2.05) is 24.8 Å². The van der Waals surface area contributed by atoms with Crippen LogP contribution in [0.1, 0.15) is 58.6 Å². The number of aliphatic imine (C=N–C) groups is 1. The van der Waals surface area contributed by atoms with E-state index in [4.69, 9.17) is 9.73 Å². The molecule has 1 aromatic carbocycles. The Labute approximate surface area is 211 Å². The van der Waals surface area contributed by atoms with Crippen LogP contribution < -0.4 is 16.0 Å². The van der Waals surface area contributed by atoms with Crippen molar-refractivity contribution in [1.82, 2.24) is 20.9 Å². The van der Waals surface area contributed by atoms with Gasteiger partial charge in [-0.25, -0.2) is 0 Å². The number of ether oxygens (including phenoxy) is 1. The average molecular weight is 560 g/mol. The predicted molar refractivity (Wildman–Crippen MR) is 143 cm³/mol. The minimum Gasteiger partial charge on any atom is -0.381 e. The number of benzene rings is 1. The van der Waals surface area contributed by atoms with Gasteiger partial charge in [-0.15, -0.1) is 24.0 Å². The van der Waals surface area contributed by atoms with E-state index in [2.05, 4.69) is 54.1 Å². The summed E-state index contributed by atoms with van der Waals surface area (Å²) in [5.41, 5.74) is 1.17. The molecule has 1 amide bonds. The fourth-order valence-electron chi connectivity index (χ4n) is 3.99. The van der Waals surface area contributed by atoms with Crippen LogP contribution in [0.2, 0.25) is 0 Å². The van der Waals surface area contributed by atoms with Crippen LogP contribution in [-0.4, -0.2) is 68.2 Å². The topological polar surface area (TPSA) is 78.0 Å². The predicted octanol–water partition coefficient (Wildman–Crippen LogP) is 3.32. The highest BCUT2D eigenvalue weighted by atomic mass is 127. The van der Waals surface area contributed by atoms with Gasteiger partial charge < -0.3 is 25.6 Å². The number of carbonyl (C=O) groups is 1. The van der Waals surface area contributed by atoms with Gasteiger partial charge in [0.15, 0.2) is 5.96 Å². The van der Waals surface area contributed by atoms with Crippen molar-refractivity contribution in [3.63, 3.8) is 0 Å². The van der Waals surface area contributed by atoms with Crippen LogP contribution in [0.15, 0.2) is 35.3 Å². The lowest BCUT2D eigenvalue weighted by Gasteiger charge is -2.39. The molecule has 1 atom stereocenters. The quantitative estimate of drug-likeness (QED) is 0.220. The molecule has 1 fully saturated rings. The normalized spacial score (nSPS) is 16.6. The van der Waals surface area contributed by atoms with Crippen molar-refractivity contribution >= 4 is 35.8 Å². The number of hydrogen-bond donors (Lipinski definition) is 3. The van der Waals surface area contributed by atoms with Crippen molar-refractivity contribution in [2.24, 2.45) is 4.99 Å². The molecule has 0 spiro atoms. The molecule has 7 nitrogen and oxygen atoms in total. The Balaban J connectivity index is 0.00000512. The van der Waals surface area contributed by atoms with E-state index in [9.17, 15) is 4.79 Å². The third-order valence-corrected chi connectivity index (χ3v) is 5.90. The maximum absolute atomic E-state index is 12.3. The number of rotatable bonds is 11. The number of hydrogen-bond acceptors (Lipinski definition) is 4. The molecule has 1 aromatic rings. The molecule has 0 saturated carbocycles. The Morgan fingerprint density at radius 1 is 1.12 bits per heavy atom. The summed E-state index contributed by atoms with van der Waals surface area (Å²) in [6, 6.07) is 10.8. The molecule has 8 heteroatoms. The Hall–Kier alpha value is -1.39. The fourth-order valence-corrected chi connectivity index (χ4v) is 3.99. The summed E-state index contributed by atoms with van der Waals surface area (Å²) >= 11 is 0. The summed E-state index contributed by atoms with van der Waals surface area (Å²) in [5, 5.41) is 10.5. The van der Waals surface area contributed by atoms with Crippen LogP contribution in [-0.2, 0) is 9.53 Å². The van der Waals surface area contributed by atoms with Gasteiger partial charge in [-0.05, 0) is 46.1 Å². The first kappa shape index (κ1) is 28.6. The summed E-state index contributed by atoms with van der Waals surface area (Å²) < 4.78 is 5.64. The molecule has 182 valence electrons. The zero-order valence-corrected chi connectivity index (χ0v) is 22.5. The highest BCUT2D eigenvalue weighted by Crippen LogP contribution is 2.26. The Morgan fingerprint density at radius 2 is 1.78 bits per heavy atom. The molecule has 1 saturated heterocycles. The van der Waals surface area contributed by atoms with Crippen molar-refractivity contribution in [3.05, 3.63) is 35.9 Å². The highest BCUT2D eigenvalue weighted by molar-refractivity contribution is 14.0. The number of guanidine groups is 1. The molecule has 0 aromatic heterocycles. The van der Waals surface area contributed by atoms with E-state index in [1.165, 1.54) is 5.56 Å². The zero-order chi connectivity index (χ0) is 22.5. The van der Waals surface area contributed by atoms with E-state index in [0.29, 0.717) is 19.5 Å². The molecule has 0 radical (unpaired) electrons. The summed E-state index contributed by atoms with van der Waals surface area (Å²) in [7, 11) is 0. The van der Waals surface area contributed by atoms with Gasteiger partial charge in [-0.2, -0.15) is 0 Å². The van der Waals surface area contributed by atoms with E-state index in [1.54, 1.807) is 0 Å². The molecule has 1 unspecified atom stereocenters.